The van der Waals surface area contributed by atoms with Gasteiger partial charge in [0.2, 0.25) is 11.8 Å². The van der Waals surface area contributed by atoms with Crippen molar-refractivity contribution in [2.45, 2.75) is 45.6 Å². The summed E-state index contributed by atoms with van der Waals surface area (Å²) in [5.41, 5.74) is 2.00. The molecule has 3 atom stereocenters. The van der Waals surface area contributed by atoms with Crippen LogP contribution in [0.3, 0.4) is 0 Å². The van der Waals surface area contributed by atoms with Crippen LogP contribution >= 0.6 is 0 Å². The van der Waals surface area contributed by atoms with Gasteiger partial charge in [0, 0.05) is 25.8 Å². The van der Waals surface area contributed by atoms with E-state index in [1.807, 2.05) is 25.1 Å². The molecule has 5 nitrogen and oxygen atoms in total. The van der Waals surface area contributed by atoms with Gasteiger partial charge in [-0.15, -0.1) is 0 Å². The van der Waals surface area contributed by atoms with Gasteiger partial charge in [-0.1, -0.05) is 32.0 Å². The highest BCUT2D eigenvalue weighted by Crippen LogP contribution is 2.28. The highest BCUT2D eigenvalue weighted by atomic mass is 16.5. The fraction of sp³-hybridized carbons (Fsp3) is 0.579. The molecular weight excluding hydrogens is 304 g/mol. The number of carbonyl (C=O) groups is 2. The molecule has 1 saturated heterocycles. The number of hydrogen-bond acceptors (Lipinski definition) is 3. The average molecular weight is 332 g/mol. The number of para-hydroxylation sites is 1. The molecular formula is C19H28N2O3. The minimum absolute atomic E-state index is 0.00676. The number of nitrogens with zero attached hydrogens (tertiary/aromatic N) is 1. The molecule has 0 unspecified atom stereocenters. The normalized spacial score (nSPS) is 20.1. The second-order valence-electron chi connectivity index (χ2n) is 6.64. The zero-order valence-electron chi connectivity index (χ0n) is 15.0. The van der Waals surface area contributed by atoms with Crippen molar-refractivity contribution in [2.75, 3.05) is 25.6 Å². The maximum absolute atomic E-state index is 12.6. The van der Waals surface area contributed by atoms with Crippen LogP contribution in [0.5, 0.6) is 0 Å². The minimum atomic E-state index is -0.304. The van der Waals surface area contributed by atoms with E-state index in [1.165, 1.54) is 0 Å². The van der Waals surface area contributed by atoms with E-state index in [2.05, 4.69) is 25.2 Å². The summed E-state index contributed by atoms with van der Waals surface area (Å²) in [5.74, 6) is 0.0212. The third kappa shape index (κ3) is 4.15. The molecule has 0 aromatic heterocycles. The van der Waals surface area contributed by atoms with Crippen molar-refractivity contribution in [3.63, 3.8) is 0 Å². The smallest absolute Gasteiger partial charge is 0.229 e. The van der Waals surface area contributed by atoms with Gasteiger partial charge in [0.15, 0.2) is 0 Å². The summed E-state index contributed by atoms with van der Waals surface area (Å²) >= 11 is 0. The summed E-state index contributed by atoms with van der Waals surface area (Å²) in [7, 11) is 1.62. The van der Waals surface area contributed by atoms with E-state index in [9.17, 15) is 9.59 Å². The summed E-state index contributed by atoms with van der Waals surface area (Å²) in [4.78, 5) is 26.5. The summed E-state index contributed by atoms with van der Waals surface area (Å²) in [6.07, 6.45) is 1.28. The van der Waals surface area contributed by atoms with Crippen molar-refractivity contribution in [3.05, 3.63) is 29.8 Å². The molecule has 0 spiro atoms. The summed E-state index contributed by atoms with van der Waals surface area (Å²) < 4.78 is 5.12. The molecule has 1 aromatic carbocycles. The number of anilines is 1. The molecule has 24 heavy (non-hydrogen) atoms. The molecule has 1 heterocycles. The largest absolute Gasteiger partial charge is 0.383 e. The van der Waals surface area contributed by atoms with Crippen LogP contribution in [0.25, 0.3) is 0 Å². The summed E-state index contributed by atoms with van der Waals surface area (Å²) in [6.45, 7) is 7.17. The first kappa shape index (κ1) is 18.5. The van der Waals surface area contributed by atoms with Gasteiger partial charge in [-0.05, 0) is 30.9 Å². The Morgan fingerprint density at radius 3 is 2.75 bits per heavy atom. The number of amides is 2. The van der Waals surface area contributed by atoms with E-state index in [1.54, 1.807) is 12.0 Å². The highest BCUT2D eigenvalue weighted by Gasteiger charge is 2.36. The van der Waals surface area contributed by atoms with Gasteiger partial charge in [0.05, 0.1) is 18.6 Å². The van der Waals surface area contributed by atoms with Gasteiger partial charge in [-0.2, -0.15) is 0 Å². The maximum atomic E-state index is 12.6. The third-order valence-corrected chi connectivity index (χ3v) is 4.83. The lowest BCUT2D eigenvalue weighted by molar-refractivity contribution is -0.130. The van der Waals surface area contributed by atoms with Crippen molar-refractivity contribution in [1.82, 2.24) is 4.90 Å². The molecule has 0 bridgehead atoms. The van der Waals surface area contributed by atoms with Crippen LogP contribution in [0.4, 0.5) is 5.69 Å². The zero-order chi connectivity index (χ0) is 17.7. The second kappa shape index (κ2) is 8.29. The van der Waals surface area contributed by atoms with Crippen LogP contribution in [-0.4, -0.2) is 43.0 Å². The number of likely N-dealkylation sites (tertiary alicyclic amines) is 1. The van der Waals surface area contributed by atoms with Crippen molar-refractivity contribution >= 4 is 17.5 Å². The van der Waals surface area contributed by atoms with Gasteiger partial charge in [-0.25, -0.2) is 0 Å². The zero-order valence-corrected chi connectivity index (χ0v) is 15.0. The molecule has 1 fully saturated rings. The van der Waals surface area contributed by atoms with Crippen LogP contribution in [0.2, 0.25) is 0 Å². The van der Waals surface area contributed by atoms with Gasteiger partial charge in [0.25, 0.3) is 0 Å². The standard InChI is InChI=1S/C19H28N2O3/c1-5-13(2)16-8-6-7-9-17(16)20-19(23)15-10-18(22)21(11-15)14(3)12-24-4/h6-9,13-15H,5,10-12H2,1-4H3,(H,20,23)/t13-,14-,15-/m0/s1. The average Bonchev–Trinajstić information content (AvgIpc) is 2.97. The highest BCUT2D eigenvalue weighted by molar-refractivity contribution is 5.97. The molecule has 5 heteroatoms. The van der Waals surface area contributed by atoms with Crippen LogP contribution in [0.15, 0.2) is 24.3 Å². The maximum Gasteiger partial charge on any atom is 0.229 e. The van der Waals surface area contributed by atoms with Gasteiger partial charge >= 0.3 is 0 Å². The van der Waals surface area contributed by atoms with Gasteiger partial charge < -0.3 is 15.0 Å². The number of benzene rings is 1. The quantitative estimate of drug-likeness (QED) is 0.835. The van der Waals surface area contributed by atoms with Crippen molar-refractivity contribution < 1.29 is 14.3 Å². The predicted molar refractivity (Wildman–Crippen MR) is 94.9 cm³/mol. The molecule has 2 amide bonds. The first-order valence-corrected chi connectivity index (χ1v) is 8.66. The third-order valence-electron chi connectivity index (χ3n) is 4.83. The Hall–Kier alpha value is -1.88. The minimum Gasteiger partial charge on any atom is -0.383 e. The Labute approximate surface area is 144 Å². The summed E-state index contributed by atoms with van der Waals surface area (Å²) in [6, 6.07) is 7.89. The van der Waals surface area contributed by atoms with E-state index in [0.717, 1.165) is 17.7 Å². The number of rotatable bonds is 7. The molecule has 132 valence electrons. The summed E-state index contributed by atoms with van der Waals surface area (Å²) in [5, 5.41) is 3.03. The molecule has 1 aliphatic rings. The topological polar surface area (TPSA) is 58.6 Å². The first-order chi connectivity index (χ1) is 11.5. The van der Waals surface area contributed by atoms with Crippen molar-refractivity contribution in [1.29, 1.82) is 0 Å². The van der Waals surface area contributed by atoms with E-state index in [0.29, 0.717) is 19.1 Å². The molecule has 1 aliphatic heterocycles. The molecule has 0 radical (unpaired) electrons. The van der Waals surface area contributed by atoms with E-state index >= 15 is 0 Å². The van der Waals surface area contributed by atoms with Crippen molar-refractivity contribution in [2.24, 2.45) is 5.92 Å². The Balaban J connectivity index is 2.05. The lowest BCUT2D eigenvalue weighted by atomic mass is 9.96. The number of nitrogens with one attached hydrogen (secondary N) is 1. The van der Waals surface area contributed by atoms with E-state index in [4.69, 9.17) is 4.74 Å². The molecule has 0 saturated carbocycles. The van der Waals surface area contributed by atoms with Crippen molar-refractivity contribution in [3.8, 4) is 0 Å². The fourth-order valence-electron chi connectivity index (χ4n) is 3.16. The monoisotopic (exact) mass is 332 g/mol. The Bertz CT molecular complexity index is 588. The van der Waals surface area contributed by atoms with Crippen LogP contribution in [0, 0.1) is 5.92 Å². The Morgan fingerprint density at radius 1 is 1.38 bits per heavy atom. The lowest BCUT2D eigenvalue weighted by Crippen LogP contribution is -2.38. The molecule has 2 rings (SSSR count). The second-order valence-corrected chi connectivity index (χ2v) is 6.64. The Kier molecular flexibility index (Phi) is 6.37. The SMILES string of the molecule is CC[C@H](C)c1ccccc1NC(=O)[C@H]1CC(=O)N([C@@H](C)COC)C1. The molecule has 0 aliphatic carbocycles. The number of carbonyl (C=O) groups excluding carboxylic acids is 2. The van der Waals surface area contributed by atoms with Crippen LogP contribution in [-0.2, 0) is 14.3 Å². The van der Waals surface area contributed by atoms with Gasteiger partial charge in [-0.3, -0.25) is 9.59 Å². The van der Waals surface area contributed by atoms with Crippen LogP contribution in [0.1, 0.15) is 45.1 Å². The van der Waals surface area contributed by atoms with E-state index < -0.39 is 0 Å². The molecule has 1 aromatic rings. The van der Waals surface area contributed by atoms with Gasteiger partial charge in [0.1, 0.15) is 0 Å². The first-order valence-electron chi connectivity index (χ1n) is 8.66. The number of ether oxygens (including phenoxy) is 1. The molecule has 1 N–H and O–H groups in total. The fourth-order valence-corrected chi connectivity index (χ4v) is 3.16. The lowest BCUT2D eigenvalue weighted by Gasteiger charge is -2.24. The van der Waals surface area contributed by atoms with Crippen LogP contribution < -0.4 is 5.32 Å². The predicted octanol–water partition coefficient (Wildman–Crippen LogP) is 3.02. The number of methoxy groups -OCH3 is 1. The van der Waals surface area contributed by atoms with E-state index in [-0.39, 0.29) is 30.2 Å². The Morgan fingerprint density at radius 2 is 2.08 bits per heavy atom. The number of hydrogen-bond donors (Lipinski definition) is 1.